The summed E-state index contributed by atoms with van der Waals surface area (Å²) in [7, 11) is -0.516. The zero-order chi connectivity index (χ0) is 15.6. The highest BCUT2D eigenvalue weighted by atomic mass is 19.3. The van der Waals surface area contributed by atoms with Crippen LogP contribution in [0.25, 0.3) is 0 Å². The van der Waals surface area contributed by atoms with Crippen molar-refractivity contribution in [3.05, 3.63) is 0 Å². The van der Waals surface area contributed by atoms with Gasteiger partial charge in [0.15, 0.2) is 0 Å². The van der Waals surface area contributed by atoms with Crippen LogP contribution in [0.5, 0.6) is 0 Å². The summed E-state index contributed by atoms with van der Waals surface area (Å²) in [6, 6.07) is 0. The molecule has 0 N–H and O–H groups in total. The van der Waals surface area contributed by atoms with Crippen molar-refractivity contribution in [1.82, 2.24) is 0 Å². The average Bonchev–Trinajstić information content (AvgIpc) is 2.47. The summed E-state index contributed by atoms with van der Waals surface area (Å²) in [5.74, 6) is -4.91. The van der Waals surface area contributed by atoms with Gasteiger partial charge in [0.2, 0.25) is 0 Å². The van der Waals surface area contributed by atoms with Gasteiger partial charge in [0, 0.05) is 6.42 Å². The second kappa shape index (κ2) is 5.97. The summed E-state index contributed by atoms with van der Waals surface area (Å²) in [6.07, 6.45) is -0.111. The number of carbonyl (C=O) groups excluding carboxylic acids is 1. The molecule has 1 saturated heterocycles. The van der Waals surface area contributed by atoms with Crippen LogP contribution in [0, 0.1) is 0 Å². The first-order valence-electron chi connectivity index (χ1n) is 6.92. The molecule has 1 aliphatic rings. The molecule has 1 fully saturated rings. The van der Waals surface area contributed by atoms with Crippen LogP contribution < -0.4 is 0 Å². The minimum Gasteiger partial charge on any atom is -0.462 e. The molecule has 0 saturated carbocycles. The third kappa shape index (κ3) is 3.91. The smallest absolute Gasteiger partial charge is 0.457 e. The maximum atomic E-state index is 13.4. The summed E-state index contributed by atoms with van der Waals surface area (Å²) in [5, 5.41) is 0. The number of hydrogen-bond donors (Lipinski definition) is 0. The van der Waals surface area contributed by atoms with E-state index >= 15 is 0 Å². The van der Waals surface area contributed by atoms with E-state index in [0.717, 1.165) is 0 Å². The number of alkyl halides is 2. The van der Waals surface area contributed by atoms with Crippen molar-refractivity contribution in [1.29, 1.82) is 0 Å². The summed E-state index contributed by atoms with van der Waals surface area (Å²) in [4.78, 5) is 11.1. The number of ether oxygens (including phenoxy) is 1. The Morgan fingerprint density at radius 2 is 1.70 bits per heavy atom. The van der Waals surface area contributed by atoms with Crippen molar-refractivity contribution in [2.75, 3.05) is 6.61 Å². The van der Waals surface area contributed by atoms with Crippen LogP contribution in [0.2, 0.25) is 6.32 Å². The number of rotatable bonds is 6. The molecule has 0 bridgehead atoms. The number of hydrogen-bond acceptors (Lipinski definition) is 4. The second-order valence-corrected chi connectivity index (χ2v) is 6.00. The zero-order valence-corrected chi connectivity index (χ0v) is 12.8. The Kier molecular flexibility index (Phi) is 5.19. The van der Waals surface area contributed by atoms with Crippen molar-refractivity contribution in [2.24, 2.45) is 0 Å². The second-order valence-electron chi connectivity index (χ2n) is 6.00. The predicted molar refractivity (Wildman–Crippen MR) is 71.7 cm³/mol. The lowest BCUT2D eigenvalue weighted by Crippen LogP contribution is -2.41. The molecule has 1 rings (SSSR count). The van der Waals surface area contributed by atoms with E-state index in [-0.39, 0.29) is 13.0 Å². The fraction of sp³-hybridized carbons (Fsp3) is 0.923. The first-order valence-corrected chi connectivity index (χ1v) is 6.92. The van der Waals surface area contributed by atoms with Gasteiger partial charge in [-0.05, 0) is 47.4 Å². The SMILES string of the molecule is CCOC(=O)C(F)(F)CCCB1OC(C)(C)C(C)(C)O1. The van der Waals surface area contributed by atoms with Gasteiger partial charge in [-0.3, -0.25) is 0 Å². The van der Waals surface area contributed by atoms with Gasteiger partial charge < -0.3 is 14.0 Å². The third-order valence-corrected chi connectivity index (χ3v) is 3.81. The van der Waals surface area contributed by atoms with Gasteiger partial charge in [-0.25, -0.2) is 4.79 Å². The van der Waals surface area contributed by atoms with E-state index < -0.39 is 36.6 Å². The van der Waals surface area contributed by atoms with Gasteiger partial charge >= 0.3 is 19.0 Å². The summed E-state index contributed by atoms with van der Waals surface area (Å²) in [5.41, 5.74) is -0.942. The van der Waals surface area contributed by atoms with Crippen molar-refractivity contribution in [2.45, 2.75) is 70.9 Å². The van der Waals surface area contributed by atoms with E-state index in [9.17, 15) is 13.6 Å². The molecular formula is C13H23BF2O4. The molecule has 116 valence electrons. The summed E-state index contributed by atoms with van der Waals surface area (Å²) >= 11 is 0. The van der Waals surface area contributed by atoms with Crippen molar-refractivity contribution < 1.29 is 27.6 Å². The van der Waals surface area contributed by atoms with Gasteiger partial charge in [0.25, 0.3) is 0 Å². The van der Waals surface area contributed by atoms with Crippen LogP contribution in [0.4, 0.5) is 8.78 Å². The Balaban J connectivity index is 2.41. The maximum Gasteiger partial charge on any atom is 0.457 e. The first kappa shape index (κ1) is 17.4. The maximum absolute atomic E-state index is 13.4. The van der Waals surface area contributed by atoms with Crippen LogP contribution in [0.3, 0.4) is 0 Å². The van der Waals surface area contributed by atoms with Crippen LogP contribution in [0.15, 0.2) is 0 Å². The lowest BCUT2D eigenvalue weighted by atomic mass is 9.82. The Labute approximate surface area is 119 Å². The number of esters is 1. The lowest BCUT2D eigenvalue weighted by Gasteiger charge is -2.32. The highest BCUT2D eigenvalue weighted by Gasteiger charge is 2.51. The van der Waals surface area contributed by atoms with E-state index in [2.05, 4.69) is 4.74 Å². The standard InChI is InChI=1S/C13H23BF2O4/c1-6-18-10(17)13(15,16)8-7-9-14-19-11(2,3)12(4,5)20-14/h6-9H2,1-5H3. The Hall–Kier alpha value is -0.685. The highest BCUT2D eigenvalue weighted by Crippen LogP contribution is 2.38. The highest BCUT2D eigenvalue weighted by molar-refractivity contribution is 6.45. The molecule has 0 radical (unpaired) electrons. The van der Waals surface area contributed by atoms with Crippen LogP contribution in [-0.2, 0) is 18.8 Å². The Morgan fingerprint density at radius 3 is 2.15 bits per heavy atom. The van der Waals surface area contributed by atoms with Gasteiger partial charge in [-0.1, -0.05) is 0 Å². The Morgan fingerprint density at radius 1 is 1.20 bits per heavy atom. The first-order chi connectivity index (χ1) is 9.02. The van der Waals surface area contributed by atoms with E-state index in [1.807, 2.05) is 27.7 Å². The molecule has 7 heteroatoms. The monoisotopic (exact) mass is 292 g/mol. The minimum absolute atomic E-state index is 0.0500. The molecule has 1 aliphatic heterocycles. The van der Waals surface area contributed by atoms with Gasteiger partial charge in [0.05, 0.1) is 17.8 Å². The molecule has 0 amide bonds. The van der Waals surface area contributed by atoms with Crippen molar-refractivity contribution in [3.63, 3.8) is 0 Å². The molecule has 1 heterocycles. The van der Waals surface area contributed by atoms with Crippen LogP contribution in [-0.4, -0.2) is 36.8 Å². The normalized spacial score (nSPS) is 21.1. The van der Waals surface area contributed by atoms with Crippen molar-refractivity contribution in [3.8, 4) is 0 Å². The average molecular weight is 292 g/mol. The summed E-state index contributed by atoms with van der Waals surface area (Å²) in [6.45, 7) is 9.06. The minimum atomic E-state index is -3.44. The molecule has 0 aliphatic carbocycles. The van der Waals surface area contributed by atoms with Gasteiger partial charge in [-0.15, -0.1) is 0 Å². The zero-order valence-electron chi connectivity index (χ0n) is 12.8. The largest absolute Gasteiger partial charge is 0.462 e. The molecule has 0 spiro atoms. The molecular weight excluding hydrogens is 269 g/mol. The fourth-order valence-electron chi connectivity index (χ4n) is 1.91. The van der Waals surface area contributed by atoms with E-state index in [0.29, 0.717) is 6.32 Å². The molecule has 0 aromatic rings. The lowest BCUT2D eigenvalue weighted by molar-refractivity contribution is -0.172. The third-order valence-electron chi connectivity index (χ3n) is 3.81. The molecule has 0 aromatic heterocycles. The fourth-order valence-corrected chi connectivity index (χ4v) is 1.91. The number of carbonyl (C=O) groups is 1. The number of halogens is 2. The van der Waals surface area contributed by atoms with E-state index in [1.54, 1.807) is 0 Å². The predicted octanol–water partition coefficient (Wildman–Crippen LogP) is 3.06. The van der Waals surface area contributed by atoms with Gasteiger partial charge in [-0.2, -0.15) is 8.78 Å². The quantitative estimate of drug-likeness (QED) is 0.557. The Bertz CT molecular complexity index is 342. The van der Waals surface area contributed by atoms with E-state index in [1.165, 1.54) is 6.92 Å². The molecule has 20 heavy (non-hydrogen) atoms. The van der Waals surface area contributed by atoms with Crippen molar-refractivity contribution >= 4 is 13.1 Å². The topological polar surface area (TPSA) is 44.8 Å². The molecule has 0 aromatic carbocycles. The van der Waals surface area contributed by atoms with E-state index in [4.69, 9.17) is 9.31 Å². The molecule has 0 atom stereocenters. The summed E-state index contributed by atoms with van der Waals surface area (Å²) < 4.78 is 42.6. The van der Waals surface area contributed by atoms with Gasteiger partial charge in [0.1, 0.15) is 0 Å². The molecule has 4 nitrogen and oxygen atoms in total. The molecule has 0 unspecified atom stereocenters. The van der Waals surface area contributed by atoms with Crippen LogP contribution >= 0.6 is 0 Å². The van der Waals surface area contributed by atoms with Crippen LogP contribution in [0.1, 0.15) is 47.5 Å².